The van der Waals surface area contributed by atoms with Crippen molar-refractivity contribution in [3.05, 3.63) is 187 Å². The Morgan fingerprint density at radius 3 is 1.71 bits per heavy atom. The molecule has 0 fully saturated rings. The molecule has 3 heteroatoms. The number of hydrogen-bond donors (Lipinski definition) is 0. The predicted octanol–water partition coefficient (Wildman–Crippen LogP) is 12.5. The molecule has 0 N–H and O–H groups in total. The molecule has 0 unspecified atom stereocenters. The van der Waals surface area contributed by atoms with E-state index in [1.807, 2.05) is 6.07 Å². The zero-order chi connectivity index (χ0) is 34.8. The lowest BCUT2D eigenvalue weighted by molar-refractivity contribution is 0.661. The van der Waals surface area contributed by atoms with Crippen LogP contribution in [0.2, 0.25) is 0 Å². The topological polar surface area (TPSA) is 30.7 Å². The molecule has 0 aliphatic heterocycles. The molecule has 0 amide bonds. The molecule has 9 aromatic rings. The third-order valence-electron chi connectivity index (χ3n) is 10.8. The molecule has 0 saturated heterocycles. The molecule has 3 nitrogen and oxygen atoms in total. The maximum atomic E-state index is 5.32. The molecule has 246 valence electrons. The van der Waals surface area contributed by atoms with Crippen molar-refractivity contribution in [1.82, 2.24) is 14.5 Å². The van der Waals surface area contributed by atoms with Crippen LogP contribution in [0.1, 0.15) is 25.0 Å². The van der Waals surface area contributed by atoms with E-state index in [0.717, 1.165) is 39.3 Å². The normalized spacial score (nSPS) is 13.0. The Morgan fingerprint density at radius 1 is 0.404 bits per heavy atom. The van der Waals surface area contributed by atoms with E-state index in [-0.39, 0.29) is 5.41 Å². The fourth-order valence-corrected chi connectivity index (χ4v) is 8.22. The maximum absolute atomic E-state index is 5.32. The Morgan fingerprint density at radius 2 is 0.962 bits per heavy atom. The van der Waals surface area contributed by atoms with Crippen LogP contribution in [-0.2, 0) is 5.41 Å². The van der Waals surface area contributed by atoms with E-state index in [4.69, 9.17) is 9.97 Å². The SMILES string of the molecule is CC1(C)c2ccccc2-c2cc3c4ccccc4n(-c4ccccc4-c4nc(-c5ccccc5)cc(-c5ccc(-c6ccccc6)cc5)n4)c3cc21. The molecule has 2 heterocycles. The summed E-state index contributed by atoms with van der Waals surface area (Å²) in [6.07, 6.45) is 0. The minimum Gasteiger partial charge on any atom is -0.308 e. The summed E-state index contributed by atoms with van der Waals surface area (Å²) >= 11 is 0. The highest BCUT2D eigenvalue weighted by Gasteiger charge is 2.36. The van der Waals surface area contributed by atoms with Gasteiger partial charge in [-0.15, -0.1) is 0 Å². The number of aromatic nitrogens is 3. The van der Waals surface area contributed by atoms with Crippen molar-refractivity contribution in [2.24, 2.45) is 0 Å². The second-order valence-corrected chi connectivity index (χ2v) is 14.2. The fourth-order valence-electron chi connectivity index (χ4n) is 8.22. The van der Waals surface area contributed by atoms with Gasteiger partial charge in [-0.3, -0.25) is 0 Å². The van der Waals surface area contributed by atoms with Crippen molar-refractivity contribution in [3.8, 4) is 61.8 Å². The molecule has 1 aliphatic rings. The van der Waals surface area contributed by atoms with Crippen LogP contribution in [0, 0.1) is 0 Å². The van der Waals surface area contributed by atoms with Gasteiger partial charge in [-0.25, -0.2) is 9.97 Å². The van der Waals surface area contributed by atoms with Gasteiger partial charge in [0.25, 0.3) is 0 Å². The zero-order valence-corrected chi connectivity index (χ0v) is 29.1. The monoisotopic (exact) mass is 665 g/mol. The molecule has 0 saturated carbocycles. The molecule has 0 spiro atoms. The van der Waals surface area contributed by atoms with Crippen molar-refractivity contribution in [1.29, 1.82) is 0 Å². The minimum atomic E-state index is -0.112. The van der Waals surface area contributed by atoms with Crippen LogP contribution < -0.4 is 0 Å². The van der Waals surface area contributed by atoms with Gasteiger partial charge in [0, 0.05) is 32.9 Å². The molecule has 0 bridgehead atoms. The number of hydrogen-bond acceptors (Lipinski definition) is 2. The Labute approximate surface area is 303 Å². The molecular weight excluding hydrogens is 631 g/mol. The van der Waals surface area contributed by atoms with Crippen molar-refractivity contribution in [2.75, 3.05) is 0 Å². The molecule has 1 aliphatic carbocycles. The van der Waals surface area contributed by atoms with Crippen LogP contribution in [0.15, 0.2) is 176 Å². The highest BCUT2D eigenvalue weighted by Crippen LogP contribution is 2.51. The first-order valence-corrected chi connectivity index (χ1v) is 17.9. The summed E-state index contributed by atoms with van der Waals surface area (Å²) in [5, 5.41) is 2.48. The highest BCUT2D eigenvalue weighted by atomic mass is 15.0. The summed E-state index contributed by atoms with van der Waals surface area (Å²) in [4.78, 5) is 10.6. The van der Waals surface area contributed by atoms with Crippen LogP contribution in [0.4, 0.5) is 0 Å². The summed E-state index contributed by atoms with van der Waals surface area (Å²) < 4.78 is 2.42. The van der Waals surface area contributed by atoms with E-state index in [1.165, 1.54) is 49.7 Å². The average Bonchev–Trinajstić information content (AvgIpc) is 3.65. The number of rotatable bonds is 5. The van der Waals surface area contributed by atoms with Gasteiger partial charge in [-0.1, -0.05) is 153 Å². The van der Waals surface area contributed by atoms with Gasteiger partial charge in [0.1, 0.15) is 0 Å². The summed E-state index contributed by atoms with van der Waals surface area (Å²) in [6, 6.07) is 62.8. The highest BCUT2D eigenvalue weighted by molar-refractivity contribution is 6.12. The van der Waals surface area contributed by atoms with E-state index >= 15 is 0 Å². The lowest BCUT2D eigenvalue weighted by atomic mass is 9.82. The number of benzene rings is 7. The second kappa shape index (κ2) is 11.8. The Kier molecular flexibility index (Phi) is 6.84. The maximum Gasteiger partial charge on any atom is 0.162 e. The van der Waals surface area contributed by atoms with Gasteiger partial charge in [-0.05, 0) is 69.8 Å². The first-order valence-electron chi connectivity index (χ1n) is 17.9. The molecule has 52 heavy (non-hydrogen) atoms. The van der Waals surface area contributed by atoms with Crippen molar-refractivity contribution in [2.45, 2.75) is 19.3 Å². The first kappa shape index (κ1) is 30.3. The Bertz CT molecular complexity index is 2790. The molecule has 10 rings (SSSR count). The van der Waals surface area contributed by atoms with E-state index in [2.05, 4.69) is 188 Å². The number of nitrogens with zero attached hydrogens (tertiary/aromatic N) is 3. The third kappa shape index (κ3) is 4.74. The predicted molar refractivity (Wildman–Crippen MR) is 216 cm³/mol. The van der Waals surface area contributed by atoms with Gasteiger partial charge in [0.05, 0.1) is 28.1 Å². The van der Waals surface area contributed by atoms with Gasteiger partial charge >= 0.3 is 0 Å². The van der Waals surface area contributed by atoms with E-state index in [1.54, 1.807) is 0 Å². The van der Waals surface area contributed by atoms with Gasteiger partial charge < -0.3 is 4.57 Å². The average molecular weight is 666 g/mol. The van der Waals surface area contributed by atoms with E-state index in [9.17, 15) is 0 Å². The Balaban J connectivity index is 1.19. The quantitative estimate of drug-likeness (QED) is 0.183. The van der Waals surface area contributed by atoms with E-state index < -0.39 is 0 Å². The molecule has 0 radical (unpaired) electrons. The fraction of sp³-hybridized carbons (Fsp3) is 0.0612. The smallest absolute Gasteiger partial charge is 0.162 e. The molecule has 0 atom stereocenters. The minimum absolute atomic E-state index is 0.112. The molecule has 2 aromatic heterocycles. The van der Waals surface area contributed by atoms with Crippen LogP contribution in [0.5, 0.6) is 0 Å². The third-order valence-corrected chi connectivity index (χ3v) is 10.8. The second-order valence-electron chi connectivity index (χ2n) is 14.2. The van der Waals surface area contributed by atoms with Crippen molar-refractivity contribution in [3.63, 3.8) is 0 Å². The van der Waals surface area contributed by atoms with Gasteiger partial charge in [-0.2, -0.15) is 0 Å². The van der Waals surface area contributed by atoms with E-state index in [0.29, 0.717) is 5.82 Å². The summed E-state index contributed by atoms with van der Waals surface area (Å²) in [7, 11) is 0. The van der Waals surface area contributed by atoms with Crippen LogP contribution in [-0.4, -0.2) is 14.5 Å². The van der Waals surface area contributed by atoms with Crippen molar-refractivity contribution < 1.29 is 0 Å². The van der Waals surface area contributed by atoms with Gasteiger partial charge in [0.15, 0.2) is 5.82 Å². The number of fused-ring (bicyclic) bond motifs is 6. The molecule has 7 aromatic carbocycles. The van der Waals surface area contributed by atoms with Crippen LogP contribution >= 0.6 is 0 Å². The molecular formula is C49H35N3. The number of para-hydroxylation sites is 2. The first-order chi connectivity index (χ1) is 25.5. The van der Waals surface area contributed by atoms with Crippen LogP contribution in [0.3, 0.4) is 0 Å². The Hall–Kier alpha value is -6.58. The standard InChI is InChI=1S/C49H35N3/c1-49(2)41-22-12-9-19-36(41)39-29-40-37-20-10-13-23-45(37)52(47(40)30-42(39)49)46-24-14-11-21-38(46)48-50-43(34-17-7-4-8-18-34)31-44(51-48)35-27-25-33(26-28-35)32-15-5-3-6-16-32/h3-31H,1-2H3. The lowest BCUT2D eigenvalue weighted by Crippen LogP contribution is -2.15. The van der Waals surface area contributed by atoms with Crippen LogP contribution in [0.25, 0.3) is 83.6 Å². The van der Waals surface area contributed by atoms with Crippen molar-refractivity contribution >= 4 is 21.8 Å². The lowest BCUT2D eigenvalue weighted by Gasteiger charge is -2.22. The summed E-state index contributed by atoms with van der Waals surface area (Å²) in [6.45, 7) is 4.70. The largest absolute Gasteiger partial charge is 0.308 e. The summed E-state index contributed by atoms with van der Waals surface area (Å²) in [5.74, 6) is 0.693. The zero-order valence-electron chi connectivity index (χ0n) is 29.1. The van der Waals surface area contributed by atoms with Gasteiger partial charge in [0.2, 0.25) is 0 Å². The summed E-state index contributed by atoms with van der Waals surface area (Å²) in [5.41, 5.74) is 15.9.